The van der Waals surface area contributed by atoms with Gasteiger partial charge in [0.2, 0.25) is 0 Å². The van der Waals surface area contributed by atoms with Crippen molar-refractivity contribution in [3.63, 3.8) is 0 Å². The van der Waals surface area contributed by atoms with E-state index in [0.717, 1.165) is 6.07 Å². The Balaban J connectivity index is 3.19. The molecular weight excluding hydrogens is 232 g/mol. The molecule has 1 aromatic rings. The molecule has 16 heavy (non-hydrogen) atoms. The van der Waals surface area contributed by atoms with Crippen LogP contribution in [0.1, 0.15) is 24.2 Å². The van der Waals surface area contributed by atoms with Crippen molar-refractivity contribution in [1.82, 2.24) is 0 Å². The number of benzene rings is 1. The zero-order valence-electron chi connectivity index (χ0n) is 8.88. The van der Waals surface area contributed by atoms with Crippen LogP contribution in [0.5, 0.6) is 0 Å². The summed E-state index contributed by atoms with van der Waals surface area (Å²) in [4.78, 5) is 11.1. The lowest BCUT2D eigenvalue weighted by molar-refractivity contribution is 0.0373. The van der Waals surface area contributed by atoms with Gasteiger partial charge in [-0.1, -0.05) is 12.1 Å². The van der Waals surface area contributed by atoms with Crippen LogP contribution in [-0.2, 0) is 14.9 Å². The fourth-order valence-electron chi connectivity index (χ4n) is 1.14. The third kappa shape index (κ3) is 3.04. The summed E-state index contributed by atoms with van der Waals surface area (Å²) in [7, 11) is -4.42. The van der Waals surface area contributed by atoms with E-state index in [1.165, 1.54) is 18.2 Å². The van der Waals surface area contributed by atoms with Gasteiger partial charge < -0.3 is 4.74 Å². The molecule has 0 atom stereocenters. The molecule has 1 aromatic carbocycles. The molecule has 0 unspecified atom stereocenters. The molecule has 0 aliphatic carbocycles. The van der Waals surface area contributed by atoms with Gasteiger partial charge in [-0.2, -0.15) is 8.42 Å². The highest BCUT2D eigenvalue weighted by Crippen LogP contribution is 2.16. The van der Waals surface area contributed by atoms with Crippen molar-refractivity contribution in [3.8, 4) is 0 Å². The van der Waals surface area contributed by atoms with E-state index < -0.39 is 21.0 Å². The van der Waals surface area contributed by atoms with E-state index in [4.69, 9.17) is 9.29 Å². The van der Waals surface area contributed by atoms with Crippen LogP contribution < -0.4 is 0 Å². The van der Waals surface area contributed by atoms with Crippen LogP contribution in [0.15, 0.2) is 29.2 Å². The second-order valence-electron chi connectivity index (χ2n) is 3.43. The molecule has 1 rings (SSSR count). The van der Waals surface area contributed by atoms with Crippen molar-refractivity contribution < 1.29 is 22.5 Å². The van der Waals surface area contributed by atoms with Gasteiger partial charge in [0, 0.05) is 0 Å². The van der Waals surface area contributed by atoms with E-state index >= 15 is 0 Å². The molecule has 0 aromatic heterocycles. The Kier molecular flexibility index (Phi) is 3.66. The molecule has 5 nitrogen and oxygen atoms in total. The predicted octanol–water partition coefficient (Wildman–Crippen LogP) is 1.50. The highest BCUT2D eigenvalue weighted by Gasteiger charge is 2.21. The number of hydrogen-bond acceptors (Lipinski definition) is 4. The predicted molar refractivity (Wildman–Crippen MR) is 56.8 cm³/mol. The fourth-order valence-corrected chi connectivity index (χ4v) is 1.82. The van der Waals surface area contributed by atoms with Crippen molar-refractivity contribution in [3.05, 3.63) is 29.8 Å². The molecule has 0 fully saturated rings. The molecule has 0 amide bonds. The van der Waals surface area contributed by atoms with E-state index in [-0.39, 0.29) is 11.7 Å². The van der Waals surface area contributed by atoms with Crippen LogP contribution in [0.3, 0.4) is 0 Å². The molecule has 1 N–H and O–H groups in total. The Morgan fingerprint density at radius 2 is 1.88 bits per heavy atom. The minimum atomic E-state index is -4.42. The molecule has 6 heteroatoms. The van der Waals surface area contributed by atoms with Gasteiger partial charge in [-0.15, -0.1) is 0 Å². The molecule has 0 heterocycles. The van der Waals surface area contributed by atoms with Gasteiger partial charge in [-0.25, -0.2) is 4.79 Å². The normalized spacial score (nSPS) is 11.5. The van der Waals surface area contributed by atoms with Crippen molar-refractivity contribution >= 4 is 16.1 Å². The molecule has 0 spiro atoms. The Hall–Kier alpha value is -1.40. The molecule has 0 aliphatic rings. The topological polar surface area (TPSA) is 80.7 Å². The lowest BCUT2D eigenvalue weighted by atomic mass is 10.2. The second kappa shape index (κ2) is 4.63. The van der Waals surface area contributed by atoms with Gasteiger partial charge in [-0.3, -0.25) is 4.55 Å². The molecule has 0 bridgehead atoms. The number of rotatable bonds is 3. The number of carbonyl (C=O) groups excluding carboxylic acids is 1. The molecule has 0 saturated carbocycles. The average Bonchev–Trinajstić information content (AvgIpc) is 2.15. The van der Waals surface area contributed by atoms with E-state index in [9.17, 15) is 13.2 Å². The summed E-state index contributed by atoms with van der Waals surface area (Å²) < 4.78 is 35.8. The van der Waals surface area contributed by atoms with Crippen molar-refractivity contribution in [1.29, 1.82) is 0 Å². The largest absolute Gasteiger partial charge is 0.459 e. The van der Waals surface area contributed by atoms with Gasteiger partial charge in [0.15, 0.2) is 0 Å². The second-order valence-corrected chi connectivity index (χ2v) is 4.82. The first-order valence-corrected chi connectivity index (χ1v) is 6.04. The number of hydrogen-bond donors (Lipinski definition) is 1. The maximum Gasteiger partial charge on any atom is 0.339 e. The Morgan fingerprint density at radius 3 is 2.38 bits per heavy atom. The Bertz CT molecular complexity index is 490. The summed E-state index contributed by atoms with van der Waals surface area (Å²) in [5.41, 5.74) is -0.168. The molecule has 0 saturated heterocycles. The lowest BCUT2D eigenvalue weighted by Crippen LogP contribution is -2.15. The number of carbonyl (C=O) groups is 1. The smallest absolute Gasteiger partial charge is 0.339 e. The minimum Gasteiger partial charge on any atom is -0.459 e. The summed E-state index contributed by atoms with van der Waals surface area (Å²) in [5.74, 6) is -0.775. The van der Waals surface area contributed by atoms with Crippen LogP contribution in [0, 0.1) is 0 Å². The van der Waals surface area contributed by atoms with Crippen molar-refractivity contribution in [2.24, 2.45) is 0 Å². The highest BCUT2D eigenvalue weighted by atomic mass is 32.2. The van der Waals surface area contributed by atoms with Crippen LogP contribution in [0.2, 0.25) is 0 Å². The maximum absolute atomic E-state index is 11.5. The van der Waals surface area contributed by atoms with Gasteiger partial charge in [0.1, 0.15) is 4.90 Å². The lowest BCUT2D eigenvalue weighted by Gasteiger charge is -2.09. The van der Waals surface area contributed by atoms with Gasteiger partial charge in [-0.05, 0) is 26.0 Å². The van der Waals surface area contributed by atoms with Crippen LogP contribution in [0.4, 0.5) is 0 Å². The highest BCUT2D eigenvalue weighted by molar-refractivity contribution is 7.86. The van der Waals surface area contributed by atoms with E-state index in [1.807, 2.05) is 0 Å². The Labute approximate surface area is 93.8 Å². The molecule has 88 valence electrons. The minimum absolute atomic E-state index is 0.168. The average molecular weight is 244 g/mol. The van der Waals surface area contributed by atoms with Crippen LogP contribution in [0.25, 0.3) is 0 Å². The molecule has 0 radical (unpaired) electrons. The first-order valence-electron chi connectivity index (χ1n) is 4.60. The SMILES string of the molecule is CC(C)OC(=O)c1ccccc1S(=O)(=O)O. The maximum atomic E-state index is 11.5. The van der Waals surface area contributed by atoms with Crippen molar-refractivity contribution in [2.75, 3.05) is 0 Å². The van der Waals surface area contributed by atoms with E-state index in [1.54, 1.807) is 13.8 Å². The monoisotopic (exact) mass is 244 g/mol. The van der Waals surface area contributed by atoms with E-state index in [2.05, 4.69) is 0 Å². The van der Waals surface area contributed by atoms with E-state index in [0.29, 0.717) is 0 Å². The summed E-state index contributed by atoms with van der Waals surface area (Å²) in [6.45, 7) is 3.29. The van der Waals surface area contributed by atoms with Crippen LogP contribution in [-0.4, -0.2) is 25.0 Å². The van der Waals surface area contributed by atoms with Crippen molar-refractivity contribution in [2.45, 2.75) is 24.8 Å². The summed E-state index contributed by atoms with van der Waals surface area (Å²) >= 11 is 0. The summed E-state index contributed by atoms with van der Waals surface area (Å²) in [5, 5.41) is 0. The van der Waals surface area contributed by atoms with Gasteiger partial charge in [0.25, 0.3) is 10.1 Å². The zero-order valence-corrected chi connectivity index (χ0v) is 9.69. The first kappa shape index (κ1) is 12.7. The first-order chi connectivity index (χ1) is 7.32. The zero-order chi connectivity index (χ0) is 12.3. The Morgan fingerprint density at radius 1 is 1.31 bits per heavy atom. The number of esters is 1. The van der Waals surface area contributed by atoms with Gasteiger partial charge >= 0.3 is 5.97 Å². The fraction of sp³-hybridized carbons (Fsp3) is 0.300. The third-order valence-corrected chi connectivity index (χ3v) is 2.64. The summed E-state index contributed by atoms with van der Waals surface area (Å²) in [6, 6.07) is 5.33. The standard InChI is InChI=1S/C10H12O5S/c1-7(2)15-10(11)8-5-3-4-6-9(8)16(12,13)14/h3-7H,1-2H3,(H,12,13,14). The third-order valence-electron chi connectivity index (χ3n) is 1.73. The van der Waals surface area contributed by atoms with Gasteiger partial charge in [0.05, 0.1) is 11.7 Å². The number of ether oxygens (including phenoxy) is 1. The summed E-state index contributed by atoms with van der Waals surface area (Å²) in [6.07, 6.45) is -0.359. The van der Waals surface area contributed by atoms with Crippen LogP contribution >= 0.6 is 0 Å². The molecule has 0 aliphatic heterocycles. The quantitative estimate of drug-likeness (QED) is 0.643. The molecular formula is C10H12O5S.